The number of thioether (sulfide) groups is 1. The van der Waals surface area contributed by atoms with Gasteiger partial charge in [-0.1, -0.05) is 11.8 Å². The molecule has 0 saturated heterocycles. The highest BCUT2D eigenvalue weighted by Crippen LogP contribution is 2.32. The van der Waals surface area contributed by atoms with Gasteiger partial charge in [-0.25, -0.2) is 4.98 Å². The summed E-state index contributed by atoms with van der Waals surface area (Å²) in [5, 5.41) is 3.61. The lowest BCUT2D eigenvalue weighted by Gasteiger charge is -2.12. The normalized spacial score (nSPS) is 19.4. The monoisotopic (exact) mass is 265 g/mol. The predicted molar refractivity (Wildman–Crippen MR) is 68.9 cm³/mol. The van der Waals surface area contributed by atoms with Crippen LogP contribution < -0.4 is 10.9 Å². The maximum atomic E-state index is 12.1. The first kappa shape index (κ1) is 11.8. The van der Waals surface area contributed by atoms with Crippen LogP contribution in [0, 0.1) is 5.92 Å². The molecule has 5 nitrogen and oxygen atoms in total. The Morgan fingerprint density at radius 3 is 3.11 bits per heavy atom. The Kier molecular flexibility index (Phi) is 2.89. The minimum Gasteiger partial charge on any atom is -0.349 e. The van der Waals surface area contributed by atoms with E-state index >= 15 is 0 Å². The fraction of sp³-hybridized carbons (Fsp3) is 0.583. The van der Waals surface area contributed by atoms with Crippen molar-refractivity contribution in [2.75, 3.05) is 5.75 Å². The van der Waals surface area contributed by atoms with Crippen LogP contribution in [0.5, 0.6) is 0 Å². The number of carbonyl (C=O) groups is 1. The van der Waals surface area contributed by atoms with Gasteiger partial charge < -0.3 is 5.32 Å². The Hall–Kier alpha value is -1.30. The molecular weight excluding hydrogens is 250 g/mol. The molecule has 1 unspecified atom stereocenters. The van der Waals surface area contributed by atoms with E-state index in [0.717, 1.165) is 5.75 Å². The lowest BCUT2D eigenvalue weighted by Crippen LogP contribution is -2.38. The summed E-state index contributed by atoms with van der Waals surface area (Å²) in [6.07, 6.45) is 3.74. The van der Waals surface area contributed by atoms with Gasteiger partial charge in [0.15, 0.2) is 5.16 Å². The zero-order valence-electron chi connectivity index (χ0n) is 10.2. The minimum atomic E-state index is -0.292. The average molecular weight is 265 g/mol. The lowest BCUT2D eigenvalue weighted by molar-refractivity contribution is 0.0933. The van der Waals surface area contributed by atoms with Crippen molar-refractivity contribution in [1.29, 1.82) is 0 Å². The predicted octanol–water partition coefficient (Wildman–Crippen LogP) is 0.877. The molecule has 0 radical (unpaired) electrons. The summed E-state index contributed by atoms with van der Waals surface area (Å²) in [5.74, 6) is 1.14. The summed E-state index contributed by atoms with van der Waals surface area (Å²) in [7, 11) is 0. The number of rotatable bonds is 3. The van der Waals surface area contributed by atoms with Gasteiger partial charge in [-0.15, -0.1) is 0 Å². The smallest absolute Gasteiger partial charge is 0.267 e. The van der Waals surface area contributed by atoms with Crippen LogP contribution in [0.15, 0.2) is 16.1 Å². The summed E-state index contributed by atoms with van der Waals surface area (Å²) in [6, 6.07) is 0.143. The van der Waals surface area contributed by atoms with E-state index in [1.165, 1.54) is 19.0 Å². The molecule has 18 heavy (non-hydrogen) atoms. The van der Waals surface area contributed by atoms with Crippen LogP contribution in [0.2, 0.25) is 0 Å². The van der Waals surface area contributed by atoms with Crippen molar-refractivity contribution < 1.29 is 4.79 Å². The van der Waals surface area contributed by atoms with Gasteiger partial charge in [0.2, 0.25) is 0 Å². The number of aromatic nitrogens is 2. The summed E-state index contributed by atoms with van der Waals surface area (Å²) in [4.78, 5) is 28.3. The van der Waals surface area contributed by atoms with Crippen LogP contribution in [0.25, 0.3) is 0 Å². The van der Waals surface area contributed by atoms with E-state index in [0.29, 0.717) is 17.6 Å². The fourth-order valence-corrected chi connectivity index (χ4v) is 3.09. The molecule has 1 aliphatic heterocycles. The van der Waals surface area contributed by atoms with E-state index in [4.69, 9.17) is 0 Å². The first-order valence-corrected chi connectivity index (χ1v) is 7.19. The Balaban J connectivity index is 1.83. The van der Waals surface area contributed by atoms with Gasteiger partial charge in [-0.05, 0) is 25.7 Å². The molecule has 96 valence electrons. The van der Waals surface area contributed by atoms with Crippen LogP contribution in [-0.2, 0) is 6.54 Å². The molecule has 1 saturated carbocycles. The molecule has 1 aliphatic carbocycles. The van der Waals surface area contributed by atoms with Gasteiger partial charge in [0.1, 0.15) is 5.56 Å². The Bertz CT molecular complexity index is 551. The Morgan fingerprint density at radius 2 is 2.39 bits per heavy atom. The zero-order valence-corrected chi connectivity index (χ0v) is 11.0. The van der Waals surface area contributed by atoms with Crippen molar-refractivity contribution >= 4 is 17.7 Å². The molecule has 1 aromatic rings. The third kappa shape index (κ3) is 2.05. The van der Waals surface area contributed by atoms with Gasteiger partial charge in [0, 0.05) is 24.5 Å². The number of hydrogen-bond donors (Lipinski definition) is 1. The molecule has 2 heterocycles. The van der Waals surface area contributed by atoms with Crippen molar-refractivity contribution in [3.05, 3.63) is 22.1 Å². The van der Waals surface area contributed by atoms with Crippen LogP contribution in [0.4, 0.5) is 0 Å². The van der Waals surface area contributed by atoms with Crippen molar-refractivity contribution in [2.45, 2.75) is 37.5 Å². The van der Waals surface area contributed by atoms with Crippen LogP contribution in [0.3, 0.4) is 0 Å². The molecule has 6 heteroatoms. The molecule has 2 aliphatic rings. The van der Waals surface area contributed by atoms with Gasteiger partial charge in [0.05, 0.1) is 0 Å². The van der Waals surface area contributed by atoms with E-state index < -0.39 is 0 Å². The molecule has 3 rings (SSSR count). The summed E-state index contributed by atoms with van der Waals surface area (Å²) in [6.45, 7) is 2.63. The first-order valence-electron chi connectivity index (χ1n) is 6.20. The molecule has 0 bridgehead atoms. The molecule has 1 N–H and O–H groups in total. The highest BCUT2D eigenvalue weighted by molar-refractivity contribution is 7.99. The topological polar surface area (TPSA) is 64.0 Å². The van der Waals surface area contributed by atoms with Crippen molar-refractivity contribution in [1.82, 2.24) is 14.9 Å². The second-order valence-corrected chi connectivity index (χ2v) is 5.92. The minimum absolute atomic E-state index is 0.143. The van der Waals surface area contributed by atoms with E-state index in [9.17, 15) is 9.59 Å². The van der Waals surface area contributed by atoms with E-state index in [2.05, 4.69) is 10.3 Å². The highest BCUT2D eigenvalue weighted by atomic mass is 32.2. The fourth-order valence-electron chi connectivity index (χ4n) is 2.17. The molecule has 1 atom stereocenters. The van der Waals surface area contributed by atoms with Crippen LogP contribution >= 0.6 is 11.8 Å². The second-order valence-electron chi connectivity index (χ2n) is 4.86. The van der Waals surface area contributed by atoms with Crippen LogP contribution in [0.1, 0.15) is 30.1 Å². The van der Waals surface area contributed by atoms with Crippen molar-refractivity contribution in [3.8, 4) is 0 Å². The number of fused-ring (bicyclic) bond motifs is 1. The van der Waals surface area contributed by atoms with Gasteiger partial charge in [0.25, 0.3) is 11.5 Å². The van der Waals surface area contributed by atoms with Crippen molar-refractivity contribution in [2.24, 2.45) is 5.92 Å². The Morgan fingerprint density at radius 1 is 1.61 bits per heavy atom. The standard InChI is InChI=1S/C12H15N3O2S/c1-7(8-2-3-8)14-10(16)9-6-13-12-15(11(9)17)4-5-18-12/h6-8H,2-5H2,1H3,(H,14,16). The molecule has 1 amide bonds. The largest absolute Gasteiger partial charge is 0.349 e. The number of hydrogen-bond acceptors (Lipinski definition) is 4. The second kappa shape index (κ2) is 4.42. The lowest BCUT2D eigenvalue weighted by atomic mass is 10.2. The Labute approximate surface area is 109 Å². The van der Waals surface area contributed by atoms with Gasteiger partial charge >= 0.3 is 0 Å². The van der Waals surface area contributed by atoms with E-state index in [-0.39, 0.29) is 23.1 Å². The number of carbonyl (C=O) groups excluding carboxylic acids is 1. The molecule has 1 fully saturated rings. The maximum Gasteiger partial charge on any atom is 0.267 e. The zero-order chi connectivity index (χ0) is 12.7. The molecule has 0 aromatic carbocycles. The number of nitrogens with zero attached hydrogens (tertiary/aromatic N) is 2. The average Bonchev–Trinajstić information content (AvgIpc) is 3.08. The summed E-state index contributed by atoms with van der Waals surface area (Å²) >= 11 is 1.55. The third-order valence-electron chi connectivity index (χ3n) is 3.49. The SMILES string of the molecule is CC(NC(=O)c1cnc2n(c1=O)CCS2)C1CC1. The number of nitrogens with one attached hydrogen (secondary N) is 1. The third-order valence-corrected chi connectivity index (χ3v) is 4.46. The quantitative estimate of drug-likeness (QED) is 0.824. The highest BCUT2D eigenvalue weighted by Gasteiger charge is 2.30. The van der Waals surface area contributed by atoms with Gasteiger partial charge in [-0.3, -0.25) is 14.2 Å². The van der Waals surface area contributed by atoms with E-state index in [1.54, 1.807) is 16.3 Å². The number of amides is 1. The van der Waals surface area contributed by atoms with Crippen LogP contribution in [-0.4, -0.2) is 27.3 Å². The van der Waals surface area contributed by atoms with Crippen molar-refractivity contribution in [3.63, 3.8) is 0 Å². The molecule has 1 aromatic heterocycles. The van der Waals surface area contributed by atoms with E-state index in [1.807, 2.05) is 6.92 Å². The molecule has 0 spiro atoms. The first-order chi connectivity index (χ1) is 8.66. The summed E-state index contributed by atoms with van der Waals surface area (Å²) < 4.78 is 1.58. The summed E-state index contributed by atoms with van der Waals surface area (Å²) in [5.41, 5.74) is -0.0563. The maximum absolute atomic E-state index is 12.1. The van der Waals surface area contributed by atoms with Gasteiger partial charge in [-0.2, -0.15) is 0 Å². The molecular formula is C12H15N3O2S.